The molecule has 0 radical (unpaired) electrons. The van der Waals surface area contributed by atoms with Crippen molar-refractivity contribution in [3.05, 3.63) is 62.5 Å². The Morgan fingerprint density at radius 2 is 2.08 bits per heavy atom. The first-order valence-electron chi connectivity index (χ1n) is 8.84. The van der Waals surface area contributed by atoms with Gasteiger partial charge in [-0.2, -0.15) is 5.10 Å². The zero-order chi connectivity index (χ0) is 18.3. The van der Waals surface area contributed by atoms with Crippen LogP contribution in [-0.2, 0) is 17.6 Å². The summed E-state index contributed by atoms with van der Waals surface area (Å²) in [4.78, 5) is 27.4. The number of fused-ring (bicyclic) bond motifs is 1. The maximum Gasteiger partial charge on any atom is 0.267 e. The van der Waals surface area contributed by atoms with Crippen molar-refractivity contribution in [2.24, 2.45) is 0 Å². The van der Waals surface area contributed by atoms with Crippen LogP contribution in [0, 0.1) is 0 Å². The number of benzene rings is 1. The number of hydrogen-bond acceptors (Lipinski definition) is 4. The van der Waals surface area contributed by atoms with Crippen LogP contribution in [0.15, 0.2) is 35.1 Å². The third-order valence-electron chi connectivity index (χ3n) is 5.04. The minimum Gasteiger partial charge on any atom is -0.324 e. The van der Waals surface area contributed by atoms with Gasteiger partial charge in [-0.1, -0.05) is 23.7 Å². The van der Waals surface area contributed by atoms with E-state index in [0.717, 1.165) is 41.8 Å². The highest BCUT2D eigenvalue weighted by Gasteiger charge is 2.34. The van der Waals surface area contributed by atoms with Crippen LogP contribution in [0.2, 0.25) is 5.02 Å². The van der Waals surface area contributed by atoms with Crippen LogP contribution >= 0.6 is 23.4 Å². The summed E-state index contributed by atoms with van der Waals surface area (Å²) < 4.78 is 1.36. The number of carbonyl (C=O) groups excluding carboxylic acids is 1. The summed E-state index contributed by atoms with van der Waals surface area (Å²) in [5, 5.41) is 5.12. The van der Waals surface area contributed by atoms with Gasteiger partial charge in [-0.3, -0.25) is 9.59 Å². The molecule has 0 spiro atoms. The van der Waals surface area contributed by atoms with Gasteiger partial charge in [0.15, 0.2) is 0 Å². The van der Waals surface area contributed by atoms with Gasteiger partial charge in [0.2, 0.25) is 5.91 Å². The Hall–Kier alpha value is -1.79. The average Bonchev–Trinajstić information content (AvgIpc) is 3.29. The molecule has 0 bridgehead atoms. The second kappa shape index (κ2) is 7.08. The number of amides is 1. The monoisotopic (exact) mass is 389 g/mol. The lowest BCUT2D eigenvalue weighted by Crippen LogP contribution is -2.40. The first kappa shape index (κ1) is 17.6. The van der Waals surface area contributed by atoms with E-state index in [1.165, 1.54) is 4.68 Å². The van der Waals surface area contributed by atoms with E-state index in [0.29, 0.717) is 11.6 Å². The Balaban J connectivity index is 1.60. The maximum atomic E-state index is 13.1. The number of rotatable bonds is 3. The molecule has 0 saturated carbocycles. The van der Waals surface area contributed by atoms with Gasteiger partial charge in [-0.05, 0) is 49.4 Å². The van der Waals surface area contributed by atoms with Gasteiger partial charge >= 0.3 is 0 Å². The number of thioether (sulfide) groups is 1. The first-order chi connectivity index (χ1) is 12.5. The molecule has 1 aromatic heterocycles. The topological polar surface area (TPSA) is 55.2 Å². The van der Waals surface area contributed by atoms with Crippen LogP contribution < -0.4 is 5.56 Å². The fourth-order valence-electron chi connectivity index (χ4n) is 3.64. The molecule has 5 nitrogen and oxygen atoms in total. The molecule has 1 amide bonds. The molecule has 1 aromatic carbocycles. The van der Waals surface area contributed by atoms with E-state index >= 15 is 0 Å². The lowest BCUT2D eigenvalue weighted by atomic mass is 10.2. The van der Waals surface area contributed by atoms with E-state index in [4.69, 9.17) is 11.6 Å². The van der Waals surface area contributed by atoms with Crippen molar-refractivity contribution in [3.8, 4) is 0 Å². The van der Waals surface area contributed by atoms with Gasteiger partial charge in [-0.15, -0.1) is 11.8 Å². The van der Waals surface area contributed by atoms with Gasteiger partial charge in [0, 0.05) is 23.4 Å². The number of aryl methyl sites for hydroxylation is 2. The average molecular weight is 390 g/mol. The second-order valence-corrected chi connectivity index (χ2v) is 8.36. The van der Waals surface area contributed by atoms with E-state index in [2.05, 4.69) is 5.10 Å². The molecule has 1 aliphatic heterocycles. The normalized spacial score (nSPS) is 20.2. The van der Waals surface area contributed by atoms with Crippen molar-refractivity contribution < 1.29 is 4.79 Å². The molecule has 1 aliphatic carbocycles. The van der Waals surface area contributed by atoms with Crippen LogP contribution in [0.1, 0.15) is 41.6 Å². The molecule has 1 fully saturated rings. The Morgan fingerprint density at radius 1 is 1.31 bits per heavy atom. The Morgan fingerprint density at radius 3 is 2.85 bits per heavy atom. The summed E-state index contributed by atoms with van der Waals surface area (Å²) in [6, 6.07) is 8.63. The number of carbonyl (C=O) groups is 1. The molecule has 2 unspecified atom stereocenters. The SMILES string of the molecule is CC(C(=O)N1CCSC1c1ccc(Cl)cc1)n1nc2c(cc1=O)CCC2. The van der Waals surface area contributed by atoms with Crippen molar-refractivity contribution >= 4 is 29.3 Å². The molecule has 2 aliphatic rings. The van der Waals surface area contributed by atoms with Crippen LogP contribution in [0.25, 0.3) is 0 Å². The lowest BCUT2D eigenvalue weighted by molar-refractivity contribution is -0.134. The fraction of sp³-hybridized carbons (Fsp3) is 0.421. The largest absolute Gasteiger partial charge is 0.324 e. The summed E-state index contributed by atoms with van der Waals surface area (Å²) in [5.74, 6) is 0.806. The maximum absolute atomic E-state index is 13.1. The number of hydrogen-bond donors (Lipinski definition) is 0. The predicted octanol–water partition coefficient (Wildman–Crippen LogP) is 3.22. The van der Waals surface area contributed by atoms with Crippen LogP contribution in [0.4, 0.5) is 0 Å². The van der Waals surface area contributed by atoms with Crippen LogP contribution in [0.3, 0.4) is 0 Å². The van der Waals surface area contributed by atoms with Gasteiger partial charge in [-0.25, -0.2) is 4.68 Å². The summed E-state index contributed by atoms with van der Waals surface area (Å²) in [5.41, 5.74) is 2.84. The third-order valence-corrected chi connectivity index (χ3v) is 6.55. The molecule has 2 aromatic rings. The van der Waals surface area contributed by atoms with E-state index in [1.807, 2.05) is 29.2 Å². The molecule has 136 valence electrons. The summed E-state index contributed by atoms with van der Waals surface area (Å²) in [7, 11) is 0. The summed E-state index contributed by atoms with van der Waals surface area (Å²) in [6.07, 6.45) is 2.81. The minimum absolute atomic E-state index is 0.0488. The predicted molar refractivity (Wildman–Crippen MR) is 104 cm³/mol. The van der Waals surface area contributed by atoms with Crippen molar-refractivity contribution in [2.45, 2.75) is 37.6 Å². The van der Waals surface area contributed by atoms with E-state index in [9.17, 15) is 9.59 Å². The van der Waals surface area contributed by atoms with Gasteiger partial charge < -0.3 is 4.90 Å². The number of halogens is 1. The van der Waals surface area contributed by atoms with Crippen LogP contribution in [-0.4, -0.2) is 32.9 Å². The van der Waals surface area contributed by atoms with Crippen LogP contribution in [0.5, 0.6) is 0 Å². The minimum atomic E-state index is -0.609. The molecule has 26 heavy (non-hydrogen) atoms. The van der Waals surface area contributed by atoms with Crippen molar-refractivity contribution in [2.75, 3.05) is 12.3 Å². The molecule has 4 rings (SSSR count). The highest BCUT2D eigenvalue weighted by atomic mass is 35.5. The quantitative estimate of drug-likeness (QED) is 0.808. The molecular weight excluding hydrogens is 370 g/mol. The van der Waals surface area contributed by atoms with Gasteiger partial charge in [0.25, 0.3) is 5.56 Å². The Bertz CT molecular complexity index is 897. The number of aromatic nitrogens is 2. The van der Waals surface area contributed by atoms with E-state index in [-0.39, 0.29) is 16.8 Å². The summed E-state index contributed by atoms with van der Waals surface area (Å²) >= 11 is 7.71. The smallest absolute Gasteiger partial charge is 0.267 e. The molecule has 1 saturated heterocycles. The van der Waals surface area contributed by atoms with E-state index < -0.39 is 6.04 Å². The lowest BCUT2D eigenvalue weighted by Gasteiger charge is -2.27. The molecular formula is C19H20ClN3O2S. The zero-order valence-electron chi connectivity index (χ0n) is 14.5. The zero-order valence-corrected chi connectivity index (χ0v) is 16.1. The fourth-order valence-corrected chi connectivity index (χ4v) is 5.03. The standard InChI is InChI=1S/C19H20ClN3O2S/c1-12(23-17(24)11-14-3-2-4-16(14)21-23)18(25)22-9-10-26-19(22)13-5-7-15(20)8-6-13/h5-8,11-12,19H,2-4,9-10H2,1H3. The Labute approximate surface area is 161 Å². The highest BCUT2D eigenvalue weighted by molar-refractivity contribution is 7.99. The Kier molecular flexibility index (Phi) is 4.80. The molecule has 2 atom stereocenters. The van der Waals surface area contributed by atoms with Gasteiger partial charge in [0.1, 0.15) is 11.4 Å². The first-order valence-corrected chi connectivity index (χ1v) is 10.3. The third kappa shape index (κ3) is 3.16. The van der Waals surface area contributed by atoms with Gasteiger partial charge in [0.05, 0.1) is 5.69 Å². The van der Waals surface area contributed by atoms with E-state index in [1.54, 1.807) is 24.8 Å². The molecule has 7 heteroatoms. The second-order valence-electron chi connectivity index (χ2n) is 6.73. The van der Waals surface area contributed by atoms with Crippen molar-refractivity contribution in [3.63, 3.8) is 0 Å². The van der Waals surface area contributed by atoms with Crippen molar-refractivity contribution in [1.29, 1.82) is 0 Å². The summed E-state index contributed by atoms with van der Waals surface area (Å²) in [6.45, 7) is 2.43. The number of nitrogens with zero attached hydrogens (tertiary/aromatic N) is 3. The van der Waals surface area contributed by atoms with Crippen molar-refractivity contribution in [1.82, 2.24) is 14.7 Å². The molecule has 2 heterocycles. The highest BCUT2D eigenvalue weighted by Crippen LogP contribution is 2.39. The molecule has 0 N–H and O–H groups in total.